The van der Waals surface area contributed by atoms with E-state index in [1.807, 2.05) is 19.4 Å². The largest absolute Gasteiger partial charge is 0.313 e. The quantitative estimate of drug-likeness (QED) is 0.889. The molecule has 1 heterocycles. The van der Waals surface area contributed by atoms with Gasteiger partial charge in [-0.1, -0.05) is 30.7 Å². The maximum Gasteiger partial charge on any atom is 0.0358 e. The number of hydrogen-bond acceptors (Lipinski definition) is 2. The Morgan fingerprint density at radius 1 is 1.10 bits per heavy atom. The predicted octanol–water partition coefficient (Wildman–Crippen LogP) is 3.85. The van der Waals surface area contributed by atoms with Gasteiger partial charge in [-0.2, -0.15) is 0 Å². The maximum atomic E-state index is 4.08. The lowest BCUT2D eigenvalue weighted by atomic mass is 9.79. The van der Waals surface area contributed by atoms with Gasteiger partial charge in [0.05, 0.1) is 0 Å². The third-order valence-electron chi connectivity index (χ3n) is 4.45. The summed E-state index contributed by atoms with van der Waals surface area (Å²) in [5.41, 5.74) is 4.20. The van der Waals surface area contributed by atoms with Gasteiger partial charge in [0, 0.05) is 18.4 Å². The fourth-order valence-corrected chi connectivity index (χ4v) is 2.88. The standard InChI is InChI=1S/C18H22N2/c1-19-18(13-14-9-11-20-12-10-14)17-7-5-16(6-8-17)15-3-2-4-15/h5-12,15,18-19H,2-4,13H2,1H3. The van der Waals surface area contributed by atoms with Gasteiger partial charge in [-0.15, -0.1) is 0 Å². The highest BCUT2D eigenvalue weighted by molar-refractivity contribution is 5.29. The van der Waals surface area contributed by atoms with Crippen molar-refractivity contribution in [1.29, 1.82) is 0 Å². The summed E-state index contributed by atoms with van der Waals surface area (Å²) in [7, 11) is 2.03. The van der Waals surface area contributed by atoms with Gasteiger partial charge < -0.3 is 5.32 Å². The molecule has 1 saturated carbocycles. The van der Waals surface area contributed by atoms with Crippen LogP contribution < -0.4 is 5.32 Å². The molecule has 2 heteroatoms. The first kappa shape index (κ1) is 13.3. The van der Waals surface area contributed by atoms with Crippen LogP contribution in [0.3, 0.4) is 0 Å². The first-order chi connectivity index (χ1) is 9.86. The molecule has 2 aromatic rings. The zero-order chi connectivity index (χ0) is 13.8. The summed E-state index contributed by atoms with van der Waals surface area (Å²) in [5, 5.41) is 3.42. The van der Waals surface area contributed by atoms with Crippen molar-refractivity contribution in [3.8, 4) is 0 Å². The van der Waals surface area contributed by atoms with Crippen LogP contribution in [0.25, 0.3) is 0 Å². The van der Waals surface area contributed by atoms with Crippen LogP contribution in [0.4, 0.5) is 0 Å². The Balaban J connectivity index is 1.72. The Hall–Kier alpha value is -1.67. The van der Waals surface area contributed by atoms with E-state index in [9.17, 15) is 0 Å². The third-order valence-corrected chi connectivity index (χ3v) is 4.45. The fourth-order valence-electron chi connectivity index (χ4n) is 2.88. The summed E-state index contributed by atoms with van der Waals surface area (Å²) >= 11 is 0. The highest BCUT2D eigenvalue weighted by Gasteiger charge is 2.19. The monoisotopic (exact) mass is 266 g/mol. The van der Waals surface area contributed by atoms with Crippen molar-refractivity contribution in [2.45, 2.75) is 37.6 Å². The van der Waals surface area contributed by atoms with E-state index in [0.717, 1.165) is 12.3 Å². The molecule has 0 spiro atoms. The van der Waals surface area contributed by atoms with E-state index in [1.54, 1.807) is 0 Å². The van der Waals surface area contributed by atoms with Crippen LogP contribution >= 0.6 is 0 Å². The number of rotatable bonds is 5. The average molecular weight is 266 g/mol. The molecular formula is C18H22N2. The second kappa shape index (κ2) is 6.19. The highest BCUT2D eigenvalue weighted by atomic mass is 14.9. The van der Waals surface area contributed by atoms with Crippen LogP contribution in [0.5, 0.6) is 0 Å². The first-order valence-corrected chi connectivity index (χ1v) is 7.53. The Labute approximate surface area is 121 Å². The number of benzene rings is 1. The van der Waals surface area contributed by atoms with Gasteiger partial charge in [-0.05, 0) is 61.1 Å². The second-order valence-electron chi connectivity index (χ2n) is 5.70. The van der Waals surface area contributed by atoms with Gasteiger partial charge in [-0.25, -0.2) is 0 Å². The summed E-state index contributed by atoms with van der Waals surface area (Å²) < 4.78 is 0. The SMILES string of the molecule is CNC(Cc1ccncc1)c1ccc(C2CCC2)cc1. The molecule has 1 fully saturated rings. The molecule has 0 bridgehead atoms. The van der Waals surface area contributed by atoms with Crippen LogP contribution in [0.15, 0.2) is 48.8 Å². The van der Waals surface area contributed by atoms with Gasteiger partial charge in [0.25, 0.3) is 0 Å². The van der Waals surface area contributed by atoms with Crippen molar-refractivity contribution < 1.29 is 0 Å². The molecule has 20 heavy (non-hydrogen) atoms. The van der Waals surface area contributed by atoms with E-state index in [1.165, 1.54) is 36.0 Å². The van der Waals surface area contributed by atoms with Crippen molar-refractivity contribution in [3.63, 3.8) is 0 Å². The van der Waals surface area contributed by atoms with Crippen molar-refractivity contribution in [2.24, 2.45) is 0 Å². The Kier molecular flexibility index (Phi) is 4.12. The number of aromatic nitrogens is 1. The van der Waals surface area contributed by atoms with Gasteiger partial charge in [0.2, 0.25) is 0 Å². The molecule has 1 aromatic carbocycles. The molecule has 1 N–H and O–H groups in total. The average Bonchev–Trinajstić information content (AvgIpc) is 2.45. The highest BCUT2D eigenvalue weighted by Crippen LogP contribution is 2.36. The van der Waals surface area contributed by atoms with Crippen LogP contribution in [-0.4, -0.2) is 12.0 Å². The predicted molar refractivity (Wildman–Crippen MR) is 82.8 cm³/mol. The van der Waals surface area contributed by atoms with E-state index in [-0.39, 0.29) is 0 Å². The zero-order valence-electron chi connectivity index (χ0n) is 12.0. The van der Waals surface area contributed by atoms with Crippen molar-refractivity contribution >= 4 is 0 Å². The smallest absolute Gasteiger partial charge is 0.0358 e. The Bertz CT molecular complexity index is 529. The van der Waals surface area contributed by atoms with E-state index < -0.39 is 0 Å². The summed E-state index contributed by atoms with van der Waals surface area (Å²) in [6.45, 7) is 0. The fraction of sp³-hybridized carbons (Fsp3) is 0.389. The van der Waals surface area contributed by atoms with Gasteiger partial charge in [0.15, 0.2) is 0 Å². The number of hydrogen-bond donors (Lipinski definition) is 1. The van der Waals surface area contributed by atoms with Crippen molar-refractivity contribution in [1.82, 2.24) is 10.3 Å². The van der Waals surface area contributed by atoms with Crippen LogP contribution in [-0.2, 0) is 6.42 Å². The van der Waals surface area contributed by atoms with Gasteiger partial charge in [0.1, 0.15) is 0 Å². The molecule has 2 nitrogen and oxygen atoms in total. The molecule has 1 aliphatic rings. The van der Waals surface area contributed by atoms with Gasteiger partial charge in [-0.3, -0.25) is 4.98 Å². The molecule has 0 saturated heterocycles. The number of pyridine rings is 1. The van der Waals surface area contributed by atoms with Crippen LogP contribution in [0.1, 0.15) is 47.9 Å². The second-order valence-corrected chi connectivity index (χ2v) is 5.70. The van der Waals surface area contributed by atoms with E-state index in [0.29, 0.717) is 6.04 Å². The Morgan fingerprint density at radius 2 is 1.80 bits per heavy atom. The zero-order valence-corrected chi connectivity index (χ0v) is 12.0. The maximum absolute atomic E-state index is 4.08. The topological polar surface area (TPSA) is 24.9 Å². The third kappa shape index (κ3) is 2.91. The molecule has 1 atom stereocenters. The first-order valence-electron chi connectivity index (χ1n) is 7.53. The normalized spacial score (nSPS) is 16.6. The minimum absolute atomic E-state index is 0.368. The summed E-state index contributed by atoms with van der Waals surface area (Å²) in [6, 6.07) is 13.8. The van der Waals surface area contributed by atoms with Gasteiger partial charge >= 0.3 is 0 Å². The molecule has 104 valence electrons. The van der Waals surface area contributed by atoms with E-state index in [4.69, 9.17) is 0 Å². The molecular weight excluding hydrogens is 244 g/mol. The number of likely N-dealkylation sites (N-methyl/N-ethyl adjacent to an activating group) is 1. The summed E-state index contributed by atoms with van der Waals surface area (Å²) in [5.74, 6) is 0.817. The number of nitrogens with zero attached hydrogens (tertiary/aromatic N) is 1. The molecule has 0 radical (unpaired) electrons. The number of nitrogens with one attached hydrogen (secondary N) is 1. The molecule has 3 rings (SSSR count). The molecule has 0 aliphatic heterocycles. The molecule has 1 aromatic heterocycles. The van der Waals surface area contributed by atoms with E-state index >= 15 is 0 Å². The van der Waals surface area contributed by atoms with Crippen molar-refractivity contribution in [3.05, 3.63) is 65.5 Å². The van der Waals surface area contributed by atoms with Crippen molar-refractivity contribution in [2.75, 3.05) is 7.05 Å². The lowest BCUT2D eigenvalue weighted by molar-refractivity contribution is 0.419. The Morgan fingerprint density at radius 3 is 2.35 bits per heavy atom. The summed E-state index contributed by atoms with van der Waals surface area (Å²) in [4.78, 5) is 4.08. The lowest BCUT2D eigenvalue weighted by Crippen LogP contribution is -2.19. The molecule has 0 amide bonds. The molecule has 1 unspecified atom stereocenters. The summed E-state index contributed by atoms with van der Waals surface area (Å²) in [6.07, 6.45) is 8.86. The van der Waals surface area contributed by atoms with Crippen LogP contribution in [0, 0.1) is 0 Å². The minimum Gasteiger partial charge on any atom is -0.313 e. The van der Waals surface area contributed by atoms with Crippen LogP contribution in [0.2, 0.25) is 0 Å². The lowest BCUT2D eigenvalue weighted by Gasteiger charge is -2.26. The minimum atomic E-state index is 0.368. The van der Waals surface area contributed by atoms with E-state index in [2.05, 4.69) is 46.7 Å². The molecule has 1 aliphatic carbocycles.